The molecule has 0 aliphatic rings. The van der Waals surface area contributed by atoms with Crippen molar-refractivity contribution in [2.45, 2.75) is 33.9 Å². The van der Waals surface area contributed by atoms with Crippen LogP contribution in [0.2, 0.25) is 0 Å². The van der Waals surface area contributed by atoms with Gasteiger partial charge in [-0.1, -0.05) is 24.3 Å². The predicted molar refractivity (Wildman–Crippen MR) is 106 cm³/mol. The van der Waals surface area contributed by atoms with Gasteiger partial charge in [0.15, 0.2) is 5.96 Å². The van der Waals surface area contributed by atoms with E-state index >= 15 is 0 Å². The van der Waals surface area contributed by atoms with Crippen LogP contribution in [0.1, 0.15) is 31.9 Å². The fourth-order valence-electron chi connectivity index (χ4n) is 2.09. The molecule has 0 amide bonds. The van der Waals surface area contributed by atoms with Crippen molar-refractivity contribution in [2.24, 2.45) is 10.7 Å². The van der Waals surface area contributed by atoms with Crippen molar-refractivity contribution in [3.05, 3.63) is 35.4 Å². The van der Waals surface area contributed by atoms with Gasteiger partial charge in [0.1, 0.15) is 0 Å². The van der Waals surface area contributed by atoms with Crippen LogP contribution >= 0.6 is 24.0 Å². The smallest absolute Gasteiger partial charge is 0.191 e. The van der Waals surface area contributed by atoms with Crippen LogP contribution in [-0.2, 0) is 22.6 Å². The van der Waals surface area contributed by atoms with Gasteiger partial charge in [0.05, 0.1) is 26.4 Å². The highest BCUT2D eigenvalue weighted by Gasteiger charge is 2.02. The van der Waals surface area contributed by atoms with Crippen molar-refractivity contribution in [1.29, 1.82) is 0 Å². The topological polar surface area (TPSA) is 60.1 Å². The summed E-state index contributed by atoms with van der Waals surface area (Å²) in [5.41, 5.74) is 8.27. The van der Waals surface area contributed by atoms with Crippen molar-refractivity contribution in [2.75, 3.05) is 32.9 Å². The summed E-state index contributed by atoms with van der Waals surface area (Å²) in [4.78, 5) is 6.50. The number of nitrogens with zero attached hydrogens (tertiary/aromatic N) is 2. The zero-order valence-electron chi connectivity index (χ0n) is 14.5. The van der Waals surface area contributed by atoms with E-state index in [4.69, 9.17) is 15.2 Å². The summed E-state index contributed by atoms with van der Waals surface area (Å²) < 4.78 is 10.8. The van der Waals surface area contributed by atoms with E-state index in [9.17, 15) is 0 Å². The van der Waals surface area contributed by atoms with E-state index in [1.807, 2.05) is 17.9 Å². The lowest BCUT2D eigenvalue weighted by Gasteiger charge is -2.19. The van der Waals surface area contributed by atoms with Crippen LogP contribution in [0, 0.1) is 0 Å². The van der Waals surface area contributed by atoms with Crippen molar-refractivity contribution in [1.82, 2.24) is 4.90 Å². The molecular weight excluding hydrogens is 405 g/mol. The lowest BCUT2D eigenvalue weighted by molar-refractivity contribution is 0.0453. The molecule has 0 unspecified atom stereocenters. The van der Waals surface area contributed by atoms with Crippen LogP contribution in [-0.4, -0.2) is 43.8 Å². The Balaban J connectivity index is 0.00000484. The number of nitrogens with two attached hydrogens (primary N) is 1. The van der Waals surface area contributed by atoms with E-state index < -0.39 is 0 Å². The second-order valence-electron chi connectivity index (χ2n) is 4.92. The third-order valence-electron chi connectivity index (χ3n) is 3.35. The maximum Gasteiger partial charge on any atom is 0.191 e. The van der Waals surface area contributed by atoms with Gasteiger partial charge >= 0.3 is 0 Å². The largest absolute Gasteiger partial charge is 0.379 e. The lowest BCUT2D eigenvalue weighted by Crippen LogP contribution is -2.37. The van der Waals surface area contributed by atoms with Crippen LogP contribution in [0.4, 0.5) is 0 Å². The number of aliphatic imine (C=N–C) groups is 1. The fraction of sp³-hybridized carbons (Fsp3) is 0.588. The summed E-state index contributed by atoms with van der Waals surface area (Å²) >= 11 is 0. The molecule has 0 fully saturated rings. The zero-order valence-corrected chi connectivity index (χ0v) is 16.8. The molecule has 0 atom stereocenters. The number of benzene rings is 1. The van der Waals surface area contributed by atoms with Gasteiger partial charge in [0.25, 0.3) is 0 Å². The quantitative estimate of drug-likeness (QED) is 0.266. The number of hydrogen-bond acceptors (Lipinski definition) is 3. The molecule has 1 rings (SSSR count). The molecule has 6 heteroatoms. The Morgan fingerprint density at radius 2 is 1.74 bits per heavy atom. The van der Waals surface area contributed by atoms with Crippen LogP contribution in [0.3, 0.4) is 0 Å². The van der Waals surface area contributed by atoms with E-state index in [1.54, 1.807) is 0 Å². The Labute approximate surface area is 157 Å². The minimum Gasteiger partial charge on any atom is -0.379 e. The van der Waals surface area contributed by atoms with Gasteiger partial charge in [-0.3, -0.25) is 0 Å². The van der Waals surface area contributed by atoms with E-state index in [2.05, 4.69) is 37.0 Å². The first-order valence-electron chi connectivity index (χ1n) is 7.99. The second-order valence-corrected chi connectivity index (χ2v) is 4.92. The molecule has 23 heavy (non-hydrogen) atoms. The molecular formula is C17H30IN3O2. The van der Waals surface area contributed by atoms with E-state index in [0.29, 0.717) is 32.3 Å². The van der Waals surface area contributed by atoms with Crippen LogP contribution in [0.15, 0.2) is 29.3 Å². The summed E-state index contributed by atoms with van der Waals surface area (Å²) in [5, 5.41) is 0. The molecule has 0 spiro atoms. The molecule has 1 aromatic rings. The molecule has 5 nitrogen and oxygen atoms in total. The minimum absolute atomic E-state index is 0. The Morgan fingerprint density at radius 3 is 2.39 bits per heavy atom. The maximum atomic E-state index is 5.99. The van der Waals surface area contributed by atoms with Gasteiger partial charge in [-0.2, -0.15) is 0 Å². The van der Waals surface area contributed by atoms with Gasteiger partial charge < -0.3 is 20.1 Å². The van der Waals surface area contributed by atoms with E-state index in [-0.39, 0.29) is 24.0 Å². The van der Waals surface area contributed by atoms with Gasteiger partial charge in [-0.15, -0.1) is 24.0 Å². The van der Waals surface area contributed by atoms with Crippen LogP contribution in [0.25, 0.3) is 0 Å². The first kappa shape index (κ1) is 22.1. The standard InChI is InChI=1S/C17H29N3O2.HI/c1-4-20(5-2)17(18)19-13-15-8-7-9-16(12-15)14-22-11-10-21-6-3;/h7-9,12H,4-6,10-11,13-14H2,1-3H3,(H2,18,19);1H. The molecule has 132 valence electrons. The van der Waals surface area contributed by atoms with Gasteiger partial charge in [-0.05, 0) is 31.9 Å². The third kappa shape index (κ3) is 9.12. The molecule has 0 radical (unpaired) electrons. The highest BCUT2D eigenvalue weighted by molar-refractivity contribution is 14.0. The minimum atomic E-state index is 0. The molecule has 0 bridgehead atoms. The Kier molecular flexibility index (Phi) is 13.1. The zero-order chi connectivity index (χ0) is 16.2. The number of guanidine groups is 1. The van der Waals surface area contributed by atoms with Crippen molar-refractivity contribution >= 4 is 29.9 Å². The molecule has 0 aromatic heterocycles. The average molecular weight is 435 g/mol. The molecule has 0 aliphatic heterocycles. The average Bonchev–Trinajstić information content (AvgIpc) is 2.54. The number of halogens is 1. The SMILES string of the molecule is CCOCCOCc1cccc(CN=C(N)N(CC)CC)c1.I. The molecule has 0 heterocycles. The van der Waals surface area contributed by atoms with Gasteiger partial charge in [-0.25, -0.2) is 4.99 Å². The summed E-state index contributed by atoms with van der Waals surface area (Å²) in [7, 11) is 0. The predicted octanol–water partition coefficient (Wildman–Crippen LogP) is 3.01. The van der Waals surface area contributed by atoms with Crippen molar-refractivity contribution < 1.29 is 9.47 Å². The van der Waals surface area contributed by atoms with Crippen LogP contribution in [0.5, 0.6) is 0 Å². The number of ether oxygens (including phenoxy) is 2. The molecule has 1 aromatic carbocycles. The van der Waals surface area contributed by atoms with Crippen molar-refractivity contribution in [3.8, 4) is 0 Å². The Hall–Kier alpha value is -0.860. The lowest BCUT2D eigenvalue weighted by atomic mass is 10.1. The summed E-state index contributed by atoms with van der Waals surface area (Å²) in [6, 6.07) is 8.25. The monoisotopic (exact) mass is 435 g/mol. The molecule has 0 saturated carbocycles. The van der Waals surface area contributed by atoms with Gasteiger partial charge in [0.2, 0.25) is 0 Å². The Morgan fingerprint density at radius 1 is 1.09 bits per heavy atom. The van der Waals surface area contributed by atoms with E-state index in [1.165, 1.54) is 0 Å². The Bertz CT molecular complexity index is 451. The van der Waals surface area contributed by atoms with E-state index in [0.717, 1.165) is 30.8 Å². The highest BCUT2D eigenvalue weighted by Crippen LogP contribution is 2.08. The first-order chi connectivity index (χ1) is 10.7. The third-order valence-corrected chi connectivity index (χ3v) is 3.35. The molecule has 0 saturated heterocycles. The fourth-order valence-corrected chi connectivity index (χ4v) is 2.09. The summed E-state index contributed by atoms with van der Waals surface area (Å²) in [6.45, 7) is 11.0. The maximum absolute atomic E-state index is 5.99. The van der Waals surface area contributed by atoms with Crippen LogP contribution < -0.4 is 5.73 Å². The van der Waals surface area contributed by atoms with Gasteiger partial charge in [0, 0.05) is 19.7 Å². The normalized spacial score (nSPS) is 11.2. The summed E-state index contributed by atoms with van der Waals surface area (Å²) in [6.07, 6.45) is 0. The first-order valence-corrected chi connectivity index (χ1v) is 7.99. The molecule has 2 N–H and O–H groups in total. The number of hydrogen-bond donors (Lipinski definition) is 1. The number of rotatable bonds is 10. The second kappa shape index (κ2) is 13.6. The highest BCUT2D eigenvalue weighted by atomic mass is 127. The van der Waals surface area contributed by atoms with Crippen molar-refractivity contribution in [3.63, 3.8) is 0 Å². The summed E-state index contributed by atoms with van der Waals surface area (Å²) in [5.74, 6) is 0.600. The molecule has 0 aliphatic carbocycles.